The van der Waals surface area contributed by atoms with Gasteiger partial charge in [-0.3, -0.25) is 4.57 Å². The highest BCUT2D eigenvalue weighted by Crippen LogP contribution is 2.34. The monoisotopic (exact) mass is 411 g/mol. The van der Waals surface area contributed by atoms with Gasteiger partial charge in [-0.1, -0.05) is 48.2 Å². The van der Waals surface area contributed by atoms with Gasteiger partial charge in [0.25, 0.3) is 0 Å². The maximum absolute atomic E-state index is 5.67. The van der Waals surface area contributed by atoms with Crippen LogP contribution in [0.25, 0.3) is 11.4 Å². The average Bonchev–Trinajstić information content (AvgIpc) is 3.40. The molecule has 1 atom stereocenters. The third-order valence-electron chi connectivity index (χ3n) is 4.90. The van der Waals surface area contributed by atoms with Crippen LogP contribution in [-0.4, -0.2) is 46.8 Å². The van der Waals surface area contributed by atoms with Gasteiger partial charge in [0, 0.05) is 11.3 Å². The number of benzene rings is 2. The summed E-state index contributed by atoms with van der Waals surface area (Å²) < 4.78 is 24.0. The largest absolute Gasteiger partial charge is 0.454 e. The zero-order valence-electron chi connectivity index (χ0n) is 15.8. The maximum Gasteiger partial charge on any atom is 0.231 e. The molecule has 2 aromatic carbocycles. The Labute approximate surface area is 172 Å². The van der Waals surface area contributed by atoms with Gasteiger partial charge in [-0.2, -0.15) is 0 Å². The van der Waals surface area contributed by atoms with Crippen molar-refractivity contribution >= 4 is 11.8 Å². The molecule has 0 spiro atoms. The fourth-order valence-corrected chi connectivity index (χ4v) is 4.36. The molecule has 1 fully saturated rings. The lowest BCUT2D eigenvalue weighted by Crippen LogP contribution is -2.25. The van der Waals surface area contributed by atoms with E-state index < -0.39 is 0 Å². The Morgan fingerprint density at radius 1 is 1.00 bits per heavy atom. The number of hydrogen-bond acceptors (Lipinski definition) is 7. The number of fused-ring (bicyclic) bond motifs is 1. The van der Waals surface area contributed by atoms with E-state index >= 15 is 0 Å². The summed E-state index contributed by atoms with van der Waals surface area (Å²) in [6, 6.07) is 16.2. The Morgan fingerprint density at radius 2 is 1.90 bits per heavy atom. The summed E-state index contributed by atoms with van der Waals surface area (Å²) in [6.45, 7) is 2.02. The van der Waals surface area contributed by atoms with Crippen LogP contribution in [0.2, 0.25) is 0 Å². The highest BCUT2D eigenvalue weighted by molar-refractivity contribution is 7.99. The third kappa shape index (κ3) is 4.10. The zero-order chi connectivity index (χ0) is 19.5. The summed E-state index contributed by atoms with van der Waals surface area (Å²) in [7, 11) is 0. The number of thioether (sulfide) groups is 1. The van der Waals surface area contributed by atoms with E-state index in [1.54, 1.807) is 11.8 Å². The molecular weight excluding hydrogens is 390 g/mol. The number of aromatic nitrogens is 3. The third-order valence-corrected chi connectivity index (χ3v) is 5.99. The Morgan fingerprint density at radius 3 is 2.76 bits per heavy atom. The molecule has 150 valence electrons. The SMILES string of the molecule is c1ccc(-c2nnc(SC[C@H]3CCOCO3)n2Cc2ccc3c(c2)OCO3)cc1. The van der Waals surface area contributed by atoms with Crippen LogP contribution in [0, 0.1) is 0 Å². The number of nitrogens with zero attached hydrogens (tertiary/aromatic N) is 3. The van der Waals surface area contributed by atoms with Gasteiger partial charge >= 0.3 is 0 Å². The molecule has 0 amide bonds. The second-order valence-corrected chi connectivity index (χ2v) is 7.85. The molecule has 2 aliphatic rings. The lowest BCUT2D eigenvalue weighted by Gasteiger charge is -2.22. The van der Waals surface area contributed by atoms with Crippen LogP contribution in [0.15, 0.2) is 53.7 Å². The van der Waals surface area contributed by atoms with E-state index in [-0.39, 0.29) is 12.9 Å². The van der Waals surface area contributed by atoms with Gasteiger partial charge in [0.2, 0.25) is 6.79 Å². The summed E-state index contributed by atoms with van der Waals surface area (Å²) in [5, 5.41) is 9.84. The molecule has 0 unspecified atom stereocenters. The van der Waals surface area contributed by atoms with Crippen molar-refractivity contribution in [1.82, 2.24) is 14.8 Å². The first-order chi connectivity index (χ1) is 14.4. The molecule has 2 aliphatic heterocycles. The second-order valence-electron chi connectivity index (χ2n) is 6.86. The molecule has 1 saturated heterocycles. The lowest BCUT2D eigenvalue weighted by atomic mass is 10.2. The molecule has 0 N–H and O–H groups in total. The van der Waals surface area contributed by atoms with E-state index in [4.69, 9.17) is 18.9 Å². The molecular formula is C21H21N3O4S. The lowest BCUT2D eigenvalue weighted by molar-refractivity contribution is -0.130. The van der Waals surface area contributed by atoms with E-state index in [9.17, 15) is 0 Å². The van der Waals surface area contributed by atoms with Crippen LogP contribution in [0.1, 0.15) is 12.0 Å². The van der Waals surface area contributed by atoms with Gasteiger partial charge in [0.05, 0.1) is 19.3 Å². The van der Waals surface area contributed by atoms with Crippen molar-refractivity contribution in [2.75, 3.05) is 25.9 Å². The van der Waals surface area contributed by atoms with Crippen molar-refractivity contribution in [1.29, 1.82) is 0 Å². The maximum atomic E-state index is 5.67. The standard InChI is InChI=1S/C21H21N3O4S/c1-2-4-16(5-3-1)20-22-23-21(29-12-17-8-9-25-13-26-17)24(20)11-15-6-7-18-19(10-15)28-14-27-18/h1-7,10,17H,8-9,11-14H2/t17-/m1/s1. The minimum atomic E-state index is 0.171. The molecule has 8 heteroatoms. The van der Waals surface area contributed by atoms with Crippen molar-refractivity contribution in [3.05, 3.63) is 54.1 Å². The van der Waals surface area contributed by atoms with Crippen LogP contribution in [0.5, 0.6) is 11.5 Å². The first-order valence-electron chi connectivity index (χ1n) is 9.56. The number of ether oxygens (including phenoxy) is 4. The molecule has 29 heavy (non-hydrogen) atoms. The minimum Gasteiger partial charge on any atom is -0.454 e. The quantitative estimate of drug-likeness (QED) is 0.574. The highest BCUT2D eigenvalue weighted by atomic mass is 32.2. The van der Waals surface area contributed by atoms with Crippen molar-refractivity contribution in [2.45, 2.75) is 24.2 Å². The summed E-state index contributed by atoms with van der Waals surface area (Å²) in [6.07, 6.45) is 1.07. The Bertz CT molecular complexity index is 973. The van der Waals surface area contributed by atoms with Crippen molar-refractivity contribution < 1.29 is 18.9 Å². The molecule has 7 nitrogen and oxygen atoms in total. The van der Waals surface area contributed by atoms with Gasteiger partial charge in [0.15, 0.2) is 22.5 Å². The Balaban J connectivity index is 1.42. The van der Waals surface area contributed by atoms with Gasteiger partial charge in [-0.25, -0.2) is 0 Å². The van der Waals surface area contributed by atoms with E-state index in [1.807, 2.05) is 30.3 Å². The topological polar surface area (TPSA) is 67.6 Å². The van der Waals surface area contributed by atoms with Gasteiger partial charge in [0.1, 0.15) is 6.79 Å². The van der Waals surface area contributed by atoms with Gasteiger partial charge in [-0.05, 0) is 24.1 Å². The summed E-state index contributed by atoms with van der Waals surface area (Å²) in [5.74, 6) is 3.23. The summed E-state index contributed by atoms with van der Waals surface area (Å²) in [5.41, 5.74) is 2.14. The number of hydrogen-bond donors (Lipinski definition) is 0. The van der Waals surface area contributed by atoms with E-state index in [1.165, 1.54) is 0 Å². The first-order valence-corrected chi connectivity index (χ1v) is 10.5. The van der Waals surface area contributed by atoms with E-state index in [0.717, 1.165) is 52.4 Å². The predicted molar refractivity (Wildman–Crippen MR) is 108 cm³/mol. The molecule has 5 rings (SSSR count). The van der Waals surface area contributed by atoms with E-state index in [0.29, 0.717) is 13.3 Å². The Hall–Kier alpha value is -2.55. The molecule has 0 radical (unpaired) electrons. The molecule has 0 bridgehead atoms. The Kier molecular flexibility index (Phi) is 5.38. The smallest absolute Gasteiger partial charge is 0.231 e. The zero-order valence-corrected chi connectivity index (χ0v) is 16.6. The number of rotatable bonds is 6. The summed E-state index contributed by atoms with van der Waals surface area (Å²) >= 11 is 1.67. The molecule has 3 heterocycles. The van der Waals surface area contributed by atoms with Crippen molar-refractivity contribution in [2.24, 2.45) is 0 Å². The van der Waals surface area contributed by atoms with Crippen LogP contribution in [0.3, 0.4) is 0 Å². The second kappa shape index (κ2) is 8.44. The van der Waals surface area contributed by atoms with Crippen LogP contribution in [-0.2, 0) is 16.0 Å². The molecule has 0 aliphatic carbocycles. The average molecular weight is 411 g/mol. The predicted octanol–water partition coefficient (Wildman–Crippen LogP) is 3.58. The normalized spacial score (nSPS) is 18.1. The van der Waals surface area contributed by atoms with Crippen LogP contribution < -0.4 is 9.47 Å². The van der Waals surface area contributed by atoms with E-state index in [2.05, 4.69) is 33.0 Å². The minimum absolute atomic E-state index is 0.171. The highest BCUT2D eigenvalue weighted by Gasteiger charge is 2.20. The fourth-order valence-electron chi connectivity index (χ4n) is 3.36. The molecule has 0 saturated carbocycles. The van der Waals surface area contributed by atoms with Gasteiger partial charge < -0.3 is 18.9 Å². The van der Waals surface area contributed by atoms with Crippen molar-refractivity contribution in [3.63, 3.8) is 0 Å². The summed E-state index contributed by atoms with van der Waals surface area (Å²) in [4.78, 5) is 0. The van der Waals surface area contributed by atoms with Crippen LogP contribution >= 0.6 is 11.8 Å². The first kappa shape index (κ1) is 18.5. The van der Waals surface area contributed by atoms with Gasteiger partial charge in [-0.15, -0.1) is 10.2 Å². The fraction of sp³-hybridized carbons (Fsp3) is 0.333. The van der Waals surface area contributed by atoms with Crippen molar-refractivity contribution in [3.8, 4) is 22.9 Å². The van der Waals surface area contributed by atoms with Crippen LogP contribution in [0.4, 0.5) is 0 Å². The molecule has 3 aromatic rings. The molecule has 1 aromatic heterocycles.